The number of phenolic OH excluding ortho intramolecular Hbond substituents is 4. The van der Waals surface area contributed by atoms with Gasteiger partial charge in [0, 0.05) is 74.6 Å². The van der Waals surface area contributed by atoms with Crippen LogP contribution in [0.5, 0.6) is 23.0 Å². The summed E-state index contributed by atoms with van der Waals surface area (Å²) < 4.78 is 0. The first-order valence-corrected chi connectivity index (χ1v) is 28.4. The topological polar surface area (TPSA) is 93.9 Å². The summed E-state index contributed by atoms with van der Waals surface area (Å²) in [5.41, 5.74) is 9.60. The number of benzene rings is 4. The minimum atomic E-state index is 0.000400. The Hall–Kier alpha value is -4.08. The van der Waals surface area contributed by atoms with Crippen molar-refractivity contribution < 1.29 is 20.4 Å². The number of likely N-dealkylation sites (N-methyl/N-ethyl adjacent to an activating group) is 2. The van der Waals surface area contributed by atoms with E-state index in [1.807, 2.05) is 24.3 Å². The van der Waals surface area contributed by atoms with Crippen LogP contribution in [-0.4, -0.2) is 94.4 Å². The van der Waals surface area contributed by atoms with Crippen molar-refractivity contribution in [3.8, 4) is 23.0 Å². The average molecular weight is 1050 g/mol. The molecule has 0 heterocycles. The summed E-state index contributed by atoms with van der Waals surface area (Å²) in [5.74, 6) is 1.33. The third kappa shape index (κ3) is 22.3. The van der Waals surface area contributed by atoms with E-state index in [0.717, 1.165) is 74.1 Å². The van der Waals surface area contributed by atoms with E-state index in [-0.39, 0.29) is 43.3 Å². The average Bonchev–Trinajstić information content (AvgIpc) is 3.21. The fourth-order valence-corrected chi connectivity index (χ4v) is 12.3. The molecule has 8 heteroatoms. The molecule has 0 saturated carbocycles. The first kappa shape index (κ1) is 66.2. The molecule has 0 aliphatic carbocycles. The summed E-state index contributed by atoms with van der Waals surface area (Å²) in [4.78, 5) is 9.03. The van der Waals surface area contributed by atoms with Gasteiger partial charge in [0.1, 0.15) is 23.0 Å². The van der Waals surface area contributed by atoms with Gasteiger partial charge in [0.15, 0.2) is 0 Å². The number of hydrogen-bond donors (Lipinski definition) is 4. The Morgan fingerprint density at radius 1 is 0.289 bits per heavy atom. The Labute approximate surface area is 466 Å². The molecule has 4 N–H and O–H groups in total. The van der Waals surface area contributed by atoms with Crippen molar-refractivity contribution in [1.29, 1.82) is 0 Å². The molecule has 4 rings (SSSR count). The van der Waals surface area contributed by atoms with Crippen molar-refractivity contribution in [1.82, 2.24) is 19.6 Å². The van der Waals surface area contributed by atoms with Gasteiger partial charge in [-0.05, 0) is 144 Å². The SMILES string of the molecule is CN(C)CCN(Cc1cc(C(C)(C)CC(C)(C)C)ccc1O)Cc1cc(C(C)(C)CC(C)(C)C)ccc1O.CN(C)CCN(Cc1cc(C(C)(C)CC(C)(C)C)ccc1O)Cc1cc(C(C)(C)CC(C)(C)C)ccc1O. The van der Waals surface area contributed by atoms with E-state index >= 15 is 0 Å². The Morgan fingerprint density at radius 2 is 0.474 bits per heavy atom. The molecular weight excluding hydrogens is 937 g/mol. The maximum atomic E-state index is 10.9. The van der Waals surface area contributed by atoms with Crippen LogP contribution < -0.4 is 0 Å². The molecule has 0 saturated heterocycles. The Morgan fingerprint density at radius 3 is 0.632 bits per heavy atom. The first-order chi connectivity index (χ1) is 34.4. The van der Waals surface area contributed by atoms with E-state index in [0.29, 0.717) is 49.2 Å². The molecule has 0 aliphatic rings. The Kier molecular flexibility index (Phi) is 22.5. The van der Waals surface area contributed by atoms with E-state index in [4.69, 9.17) is 0 Å². The van der Waals surface area contributed by atoms with Crippen molar-refractivity contribution in [2.75, 3.05) is 54.4 Å². The van der Waals surface area contributed by atoms with Gasteiger partial charge in [0.25, 0.3) is 0 Å². The maximum absolute atomic E-state index is 10.9. The normalized spacial score (nSPS) is 13.5. The van der Waals surface area contributed by atoms with Gasteiger partial charge in [-0.3, -0.25) is 9.80 Å². The highest BCUT2D eigenvalue weighted by atomic mass is 16.3. The van der Waals surface area contributed by atoms with Crippen LogP contribution in [0.25, 0.3) is 0 Å². The second kappa shape index (κ2) is 25.8. The van der Waals surface area contributed by atoms with Crippen molar-refractivity contribution in [3.05, 3.63) is 117 Å². The van der Waals surface area contributed by atoms with Gasteiger partial charge in [0.05, 0.1) is 0 Å². The predicted octanol–water partition coefficient (Wildman–Crippen LogP) is 16.2. The highest BCUT2D eigenvalue weighted by Crippen LogP contribution is 2.42. The number of phenols is 4. The van der Waals surface area contributed by atoms with Crippen LogP contribution in [0.2, 0.25) is 0 Å². The van der Waals surface area contributed by atoms with Crippen molar-refractivity contribution in [3.63, 3.8) is 0 Å². The van der Waals surface area contributed by atoms with Crippen LogP contribution in [0, 0.1) is 21.7 Å². The molecule has 0 amide bonds. The molecule has 0 radical (unpaired) electrons. The third-order valence-corrected chi connectivity index (χ3v) is 14.6. The highest BCUT2D eigenvalue weighted by molar-refractivity contribution is 5.43. The fourth-order valence-electron chi connectivity index (χ4n) is 12.3. The van der Waals surface area contributed by atoms with E-state index in [1.54, 1.807) is 0 Å². The van der Waals surface area contributed by atoms with Crippen LogP contribution in [0.1, 0.15) is 209 Å². The Balaban J connectivity index is 0.000000400. The summed E-state index contributed by atoms with van der Waals surface area (Å²) in [7, 11) is 8.33. The second-order valence-electron chi connectivity index (χ2n) is 30.9. The monoisotopic (exact) mass is 1050 g/mol. The van der Waals surface area contributed by atoms with E-state index < -0.39 is 0 Å². The summed E-state index contributed by atoms with van der Waals surface area (Å²) in [5, 5.41) is 43.4. The molecule has 0 aliphatic heterocycles. The predicted molar refractivity (Wildman–Crippen MR) is 326 cm³/mol. The number of rotatable bonds is 22. The first-order valence-electron chi connectivity index (χ1n) is 28.4. The van der Waals surface area contributed by atoms with Gasteiger partial charge in [-0.1, -0.05) is 187 Å². The van der Waals surface area contributed by atoms with Gasteiger partial charge in [-0.2, -0.15) is 0 Å². The molecule has 8 nitrogen and oxygen atoms in total. The molecular formula is C68H112N4O4. The summed E-state index contributed by atoms with van der Waals surface area (Å²) in [6.07, 6.45) is 4.22. The zero-order chi connectivity index (χ0) is 58.2. The van der Waals surface area contributed by atoms with Gasteiger partial charge in [-0.25, -0.2) is 0 Å². The van der Waals surface area contributed by atoms with Gasteiger partial charge in [0.2, 0.25) is 0 Å². The van der Waals surface area contributed by atoms with E-state index in [2.05, 4.69) is 235 Å². The minimum absolute atomic E-state index is 0.000400. The molecule has 0 aromatic heterocycles. The lowest BCUT2D eigenvalue weighted by molar-refractivity contribution is 0.221. The standard InChI is InChI=1S/2C34H56N2O2/c2*1-31(2,3)23-33(7,8)27-13-15-29(37)25(19-27)21-36(18-17-35(11)12)22-26-20-28(14-16-30(26)38)34(9,10)24-32(4,5)6/h2*13-16,19-20,37-38H,17-18,21-24H2,1-12H3. The lowest BCUT2D eigenvalue weighted by Crippen LogP contribution is -2.31. The zero-order valence-corrected chi connectivity index (χ0v) is 53.0. The second-order valence-corrected chi connectivity index (χ2v) is 30.9. The van der Waals surface area contributed by atoms with Crippen molar-refractivity contribution >= 4 is 0 Å². The van der Waals surface area contributed by atoms with Gasteiger partial charge >= 0.3 is 0 Å². The van der Waals surface area contributed by atoms with E-state index in [1.165, 1.54) is 22.3 Å². The molecule has 0 bridgehead atoms. The smallest absolute Gasteiger partial charge is 0.120 e. The van der Waals surface area contributed by atoms with Crippen molar-refractivity contribution in [2.45, 2.75) is 212 Å². The van der Waals surface area contributed by atoms with Crippen LogP contribution in [0.3, 0.4) is 0 Å². The number of nitrogens with zero attached hydrogens (tertiary/aromatic N) is 4. The lowest BCUT2D eigenvalue weighted by Gasteiger charge is -2.34. The zero-order valence-electron chi connectivity index (χ0n) is 53.0. The third-order valence-electron chi connectivity index (χ3n) is 14.6. The van der Waals surface area contributed by atoms with Crippen molar-refractivity contribution in [2.24, 2.45) is 21.7 Å². The maximum Gasteiger partial charge on any atom is 0.120 e. The number of hydrogen-bond acceptors (Lipinski definition) is 8. The summed E-state index contributed by atoms with van der Waals surface area (Å²) in [6.45, 7) is 51.6. The summed E-state index contributed by atoms with van der Waals surface area (Å²) >= 11 is 0. The molecule has 0 fully saturated rings. The van der Waals surface area contributed by atoms with E-state index in [9.17, 15) is 20.4 Å². The molecule has 4 aromatic carbocycles. The molecule has 0 atom stereocenters. The van der Waals surface area contributed by atoms with Gasteiger partial charge in [-0.15, -0.1) is 0 Å². The van der Waals surface area contributed by atoms with Crippen LogP contribution in [-0.2, 0) is 47.8 Å². The van der Waals surface area contributed by atoms with Crippen LogP contribution in [0.4, 0.5) is 0 Å². The minimum Gasteiger partial charge on any atom is -0.508 e. The summed E-state index contributed by atoms with van der Waals surface area (Å²) in [6, 6.07) is 24.4. The van der Waals surface area contributed by atoms with Crippen LogP contribution >= 0.6 is 0 Å². The largest absolute Gasteiger partial charge is 0.508 e. The fraction of sp³-hybridized carbons (Fsp3) is 0.647. The molecule has 76 heavy (non-hydrogen) atoms. The highest BCUT2D eigenvalue weighted by Gasteiger charge is 2.32. The Bertz CT molecular complexity index is 2120. The quantitative estimate of drug-likeness (QED) is 0.0619. The van der Waals surface area contributed by atoms with Crippen LogP contribution in [0.15, 0.2) is 72.8 Å². The molecule has 428 valence electrons. The molecule has 0 unspecified atom stereocenters. The molecule has 4 aromatic rings. The number of aromatic hydroxyl groups is 4. The van der Waals surface area contributed by atoms with Gasteiger partial charge < -0.3 is 30.2 Å². The lowest BCUT2D eigenvalue weighted by atomic mass is 9.72. The molecule has 0 spiro atoms.